The van der Waals surface area contributed by atoms with Crippen LogP contribution in [0.25, 0.3) is 0 Å². The van der Waals surface area contributed by atoms with Crippen molar-refractivity contribution in [1.29, 1.82) is 0 Å². The van der Waals surface area contributed by atoms with Gasteiger partial charge in [0.15, 0.2) is 0 Å². The number of halogens is 2. The Kier molecular flexibility index (Phi) is 6.94. The highest BCUT2D eigenvalue weighted by Crippen LogP contribution is 2.17. The van der Waals surface area contributed by atoms with E-state index in [1.54, 1.807) is 24.3 Å². The highest BCUT2D eigenvalue weighted by atomic mass is 32.2. The number of hydrogen-bond acceptors (Lipinski definition) is 2. The predicted octanol–water partition coefficient (Wildman–Crippen LogP) is 4.43. The lowest BCUT2D eigenvalue weighted by atomic mass is 10.1. The maximum absolute atomic E-state index is 13.3. The molecule has 2 unspecified atom stereocenters. The second kappa shape index (κ2) is 8.25. The molecule has 1 aromatic carbocycles. The van der Waals surface area contributed by atoms with Gasteiger partial charge in [-0.05, 0) is 26.2 Å². The quantitative estimate of drug-likeness (QED) is 0.730. The minimum atomic E-state index is -1.01. The molecular formula is C14H18F2OS. The number of benzene rings is 1. The topological polar surface area (TPSA) is 17.1 Å². The summed E-state index contributed by atoms with van der Waals surface area (Å²) in [6, 6.07) is 8.93. The van der Waals surface area contributed by atoms with E-state index < -0.39 is 12.3 Å². The van der Waals surface area contributed by atoms with E-state index in [2.05, 4.69) is 0 Å². The summed E-state index contributed by atoms with van der Waals surface area (Å²) in [5.41, 5.74) is 0.635. The van der Waals surface area contributed by atoms with E-state index in [4.69, 9.17) is 0 Å². The molecule has 0 aliphatic carbocycles. The van der Waals surface area contributed by atoms with Gasteiger partial charge in [-0.3, -0.25) is 4.79 Å². The molecule has 0 heterocycles. The van der Waals surface area contributed by atoms with Crippen LogP contribution in [-0.2, 0) is 0 Å². The normalized spacial score (nSPS) is 14.2. The van der Waals surface area contributed by atoms with Gasteiger partial charge in [-0.1, -0.05) is 42.1 Å². The van der Waals surface area contributed by atoms with Crippen LogP contribution in [0.1, 0.15) is 36.5 Å². The minimum Gasteiger partial charge on any atom is -0.282 e. The van der Waals surface area contributed by atoms with Crippen LogP contribution >= 0.6 is 11.8 Å². The molecule has 0 bridgehead atoms. The van der Waals surface area contributed by atoms with Gasteiger partial charge in [0.25, 0.3) is 0 Å². The van der Waals surface area contributed by atoms with E-state index in [0.717, 1.165) is 11.8 Å². The third-order valence-electron chi connectivity index (χ3n) is 2.55. The first kappa shape index (κ1) is 15.2. The Bertz CT molecular complexity index is 354. The third kappa shape index (κ3) is 6.15. The molecule has 0 aliphatic heterocycles. The summed E-state index contributed by atoms with van der Waals surface area (Å²) in [6.07, 6.45) is -1.19. The molecule has 1 aromatic rings. The number of alkyl halides is 2. The second-order valence-electron chi connectivity index (χ2n) is 4.25. The summed E-state index contributed by atoms with van der Waals surface area (Å²) in [7, 11) is 0. The first-order valence-corrected chi connectivity index (χ1v) is 7.08. The molecule has 0 N–H and O–H groups in total. The van der Waals surface area contributed by atoms with Gasteiger partial charge in [-0.2, -0.15) is 0 Å². The molecule has 0 saturated carbocycles. The van der Waals surface area contributed by atoms with Crippen LogP contribution in [0.3, 0.4) is 0 Å². The Morgan fingerprint density at radius 1 is 1.17 bits per heavy atom. The highest BCUT2D eigenvalue weighted by Gasteiger charge is 2.11. The number of rotatable bonds is 7. The number of thioether (sulfide) groups is 1. The molecule has 1 rings (SSSR count). The Morgan fingerprint density at radius 2 is 1.83 bits per heavy atom. The monoisotopic (exact) mass is 272 g/mol. The van der Waals surface area contributed by atoms with Gasteiger partial charge in [-0.15, -0.1) is 0 Å². The van der Waals surface area contributed by atoms with Crippen LogP contribution in [0.4, 0.5) is 8.78 Å². The van der Waals surface area contributed by atoms with E-state index >= 15 is 0 Å². The average Bonchev–Trinajstić information content (AvgIpc) is 2.37. The van der Waals surface area contributed by atoms with Crippen molar-refractivity contribution in [3.63, 3.8) is 0 Å². The van der Waals surface area contributed by atoms with Gasteiger partial charge in [0.1, 0.15) is 6.17 Å². The predicted molar refractivity (Wildman–Crippen MR) is 72.5 cm³/mol. The lowest BCUT2D eigenvalue weighted by molar-refractivity contribution is 0.108. The van der Waals surface area contributed by atoms with E-state index in [1.165, 1.54) is 6.92 Å². The molecule has 0 radical (unpaired) electrons. The van der Waals surface area contributed by atoms with E-state index in [0.29, 0.717) is 17.7 Å². The second-order valence-corrected chi connectivity index (χ2v) is 5.31. The summed E-state index contributed by atoms with van der Waals surface area (Å²) >= 11 is 1.12. The zero-order chi connectivity index (χ0) is 13.4. The molecule has 0 spiro atoms. The Balaban J connectivity index is 2.20. The van der Waals surface area contributed by atoms with Crippen molar-refractivity contribution in [2.24, 2.45) is 0 Å². The van der Waals surface area contributed by atoms with Crippen LogP contribution in [0.2, 0.25) is 0 Å². The minimum absolute atomic E-state index is 0.0401. The van der Waals surface area contributed by atoms with E-state index in [-0.39, 0.29) is 18.0 Å². The molecule has 100 valence electrons. The van der Waals surface area contributed by atoms with Crippen LogP contribution < -0.4 is 0 Å². The van der Waals surface area contributed by atoms with Crippen molar-refractivity contribution in [2.45, 2.75) is 38.5 Å². The maximum Gasteiger partial charge on any atom is 0.219 e. The van der Waals surface area contributed by atoms with E-state index in [9.17, 15) is 13.6 Å². The van der Waals surface area contributed by atoms with Gasteiger partial charge < -0.3 is 0 Å². The van der Waals surface area contributed by atoms with E-state index in [1.807, 2.05) is 6.07 Å². The molecule has 4 heteroatoms. The molecule has 0 aromatic heterocycles. The van der Waals surface area contributed by atoms with Crippen LogP contribution in [0.15, 0.2) is 30.3 Å². The van der Waals surface area contributed by atoms with Gasteiger partial charge in [0.2, 0.25) is 5.12 Å². The van der Waals surface area contributed by atoms with Crippen LogP contribution in [-0.4, -0.2) is 23.2 Å². The molecular weight excluding hydrogens is 254 g/mol. The van der Waals surface area contributed by atoms with Gasteiger partial charge in [-0.25, -0.2) is 8.78 Å². The fourth-order valence-electron chi connectivity index (χ4n) is 1.49. The average molecular weight is 272 g/mol. The lowest BCUT2D eigenvalue weighted by Gasteiger charge is -2.08. The smallest absolute Gasteiger partial charge is 0.219 e. The maximum atomic E-state index is 13.3. The van der Waals surface area contributed by atoms with Gasteiger partial charge >= 0.3 is 0 Å². The van der Waals surface area contributed by atoms with Crippen molar-refractivity contribution in [1.82, 2.24) is 0 Å². The first-order chi connectivity index (χ1) is 8.59. The van der Waals surface area contributed by atoms with Crippen molar-refractivity contribution < 1.29 is 13.6 Å². The molecule has 0 amide bonds. The SMILES string of the molecule is CC(F)CCC(F)CCSC(=O)c1ccccc1. The number of carbonyl (C=O) groups is 1. The van der Waals surface area contributed by atoms with Crippen molar-refractivity contribution in [2.75, 3.05) is 5.75 Å². The molecule has 0 aliphatic rings. The standard InChI is InChI=1S/C14H18F2OS/c1-11(15)7-8-13(16)9-10-18-14(17)12-5-3-2-4-6-12/h2-6,11,13H,7-10H2,1H3. The van der Waals surface area contributed by atoms with Crippen LogP contribution in [0, 0.1) is 0 Å². The number of carbonyl (C=O) groups excluding carboxylic acids is 1. The summed E-state index contributed by atoms with van der Waals surface area (Å²) in [4.78, 5) is 11.7. The third-order valence-corrected chi connectivity index (χ3v) is 3.49. The summed E-state index contributed by atoms with van der Waals surface area (Å²) < 4.78 is 25.8. The van der Waals surface area contributed by atoms with Gasteiger partial charge in [0, 0.05) is 11.3 Å². The fourth-order valence-corrected chi connectivity index (χ4v) is 2.35. The van der Waals surface area contributed by atoms with Crippen LogP contribution in [0.5, 0.6) is 0 Å². The molecule has 1 nitrogen and oxygen atoms in total. The summed E-state index contributed by atoms with van der Waals surface area (Å²) in [5.74, 6) is 0.440. The molecule has 2 atom stereocenters. The summed E-state index contributed by atoms with van der Waals surface area (Å²) in [5, 5.41) is -0.0401. The highest BCUT2D eigenvalue weighted by molar-refractivity contribution is 8.14. The lowest BCUT2D eigenvalue weighted by Crippen LogP contribution is -2.06. The Labute approximate surface area is 111 Å². The fraction of sp³-hybridized carbons (Fsp3) is 0.500. The largest absolute Gasteiger partial charge is 0.282 e. The zero-order valence-electron chi connectivity index (χ0n) is 10.4. The molecule has 18 heavy (non-hydrogen) atoms. The van der Waals surface area contributed by atoms with Crippen molar-refractivity contribution in [3.8, 4) is 0 Å². The molecule has 0 fully saturated rings. The zero-order valence-corrected chi connectivity index (χ0v) is 11.3. The first-order valence-electron chi connectivity index (χ1n) is 6.10. The summed E-state index contributed by atoms with van der Waals surface area (Å²) in [6.45, 7) is 1.43. The number of hydrogen-bond donors (Lipinski definition) is 0. The van der Waals surface area contributed by atoms with Crippen molar-refractivity contribution in [3.05, 3.63) is 35.9 Å². The Morgan fingerprint density at radius 3 is 2.44 bits per heavy atom. The van der Waals surface area contributed by atoms with Crippen molar-refractivity contribution >= 4 is 16.9 Å². The Hall–Kier alpha value is -0.900. The molecule has 0 saturated heterocycles. The van der Waals surface area contributed by atoms with Gasteiger partial charge in [0.05, 0.1) is 6.17 Å².